The number of rotatable bonds is 64. The molecule has 0 heterocycles. The van der Waals surface area contributed by atoms with Crippen molar-refractivity contribution < 1.29 is 42.1 Å². The lowest BCUT2D eigenvalue weighted by Crippen LogP contribution is -2.37. The third-order valence-corrected chi connectivity index (χ3v) is 16.1. The van der Waals surface area contributed by atoms with Crippen molar-refractivity contribution in [2.45, 2.75) is 315 Å². The fourth-order valence-electron chi connectivity index (χ4n) is 9.75. The van der Waals surface area contributed by atoms with Crippen molar-refractivity contribution in [1.29, 1.82) is 0 Å². The fraction of sp³-hybridized carbons (Fsp3) is 0.757. The summed E-state index contributed by atoms with van der Waals surface area (Å²) < 4.78 is 34.3. The smallest absolute Gasteiger partial charge is 0.306 e. The lowest BCUT2D eigenvalue weighted by atomic mass is 10.0. The first-order chi connectivity index (χ1) is 41.0. The van der Waals surface area contributed by atoms with E-state index >= 15 is 0 Å². The van der Waals surface area contributed by atoms with Gasteiger partial charge in [0.2, 0.25) is 0 Å². The van der Waals surface area contributed by atoms with Gasteiger partial charge in [0.05, 0.1) is 27.7 Å². The molecule has 0 aromatic carbocycles. The van der Waals surface area contributed by atoms with Crippen LogP contribution in [0.1, 0.15) is 309 Å². The van der Waals surface area contributed by atoms with E-state index in [0.717, 1.165) is 89.9 Å². The van der Waals surface area contributed by atoms with Crippen molar-refractivity contribution in [3.8, 4) is 0 Å². The van der Waals surface area contributed by atoms with Gasteiger partial charge in [0.15, 0.2) is 6.10 Å². The number of allylic oxidation sites excluding steroid dienone is 16. The van der Waals surface area contributed by atoms with Crippen LogP contribution in [0.5, 0.6) is 0 Å². The van der Waals surface area contributed by atoms with Gasteiger partial charge in [-0.3, -0.25) is 14.2 Å². The van der Waals surface area contributed by atoms with Gasteiger partial charge >= 0.3 is 11.9 Å². The van der Waals surface area contributed by atoms with Gasteiger partial charge in [-0.25, -0.2) is 0 Å². The molecule has 0 amide bonds. The lowest BCUT2D eigenvalue weighted by molar-refractivity contribution is -0.870. The molecule has 0 aliphatic rings. The first-order valence-electron chi connectivity index (χ1n) is 34.9. The van der Waals surface area contributed by atoms with Gasteiger partial charge in [0.25, 0.3) is 7.82 Å². The zero-order valence-electron chi connectivity index (χ0n) is 55.3. The van der Waals surface area contributed by atoms with Crippen LogP contribution in [-0.2, 0) is 32.7 Å². The second-order valence-corrected chi connectivity index (χ2v) is 25.9. The maximum Gasteiger partial charge on any atom is 0.306 e. The number of unbranched alkanes of at least 4 members (excludes halogenated alkanes) is 34. The van der Waals surface area contributed by atoms with Gasteiger partial charge in [-0.15, -0.1) is 0 Å². The molecule has 0 radical (unpaired) electrons. The number of phosphoric acid groups is 1. The van der Waals surface area contributed by atoms with E-state index in [1.807, 2.05) is 21.1 Å². The molecule has 0 saturated carbocycles. The van der Waals surface area contributed by atoms with Crippen molar-refractivity contribution in [3.63, 3.8) is 0 Å². The summed E-state index contributed by atoms with van der Waals surface area (Å²) in [5.41, 5.74) is 0. The number of esters is 2. The molecule has 0 aromatic heterocycles. The first-order valence-corrected chi connectivity index (χ1v) is 36.4. The Morgan fingerprint density at radius 3 is 1.01 bits per heavy atom. The third-order valence-electron chi connectivity index (χ3n) is 15.1. The van der Waals surface area contributed by atoms with Crippen LogP contribution in [0.2, 0.25) is 0 Å². The average Bonchev–Trinajstić information content (AvgIpc) is 3.61. The van der Waals surface area contributed by atoms with E-state index < -0.39 is 32.5 Å². The molecular weight excluding hydrogens is 1060 g/mol. The van der Waals surface area contributed by atoms with E-state index in [1.165, 1.54) is 180 Å². The second-order valence-electron chi connectivity index (χ2n) is 24.5. The van der Waals surface area contributed by atoms with Crippen molar-refractivity contribution in [1.82, 2.24) is 0 Å². The molecule has 0 rings (SSSR count). The second kappa shape index (κ2) is 64.4. The SMILES string of the molecule is CC/C=C\C/C=C\C/C=C\C/C=C\C/C=C\CCCCCCCCCCCCCCCCCCCCCCCCCCCC(=O)OC(COC(=O)CCCCCCCC/C=C\C/C=C\C/C=C\CCCCC)COP(=O)([O-])OCC[N+](C)(C)C. The number of carbonyl (C=O) groups excluding carboxylic acids is 2. The molecule has 10 heteroatoms. The van der Waals surface area contributed by atoms with Crippen LogP contribution >= 0.6 is 7.82 Å². The number of phosphoric ester groups is 1. The number of hydrogen-bond acceptors (Lipinski definition) is 8. The molecule has 9 nitrogen and oxygen atoms in total. The monoisotopic (exact) mass is 1190 g/mol. The minimum atomic E-state index is -4.65. The zero-order valence-corrected chi connectivity index (χ0v) is 56.2. The molecule has 2 unspecified atom stereocenters. The summed E-state index contributed by atoms with van der Waals surface area (Å²) >= 11 is 0. The molecule has 486 valence electrons. The van der Waals surface area contributed by atoms with Gasteiger partial charge in [0.1, 0.15) is 19.8 Å². The van der Waals surface area contributed by atoms with E-state index in [4.69, 9.17) is 18.5 Å². The summed E-state index contributed by atoms with van der Waals surface area (Å²) in [5, 5.41) is 0. The van der Waals surface area contributed by atoms with Crippen LogP contribution in [0.25, 0.3) is 0 Å². The highest BCUT2D eigenvalue weighted by molar-refractivity contribution is 7.45. The van der Waals surface area contributed by atoms with Crippen molar-refractivity contribution >= 4 is 19.8 Å². The van der Waals surface area contributed by atoms with E-state index in [0.29, 0.717) is 23.9 Å². The van der Waals surface area contributed by atoms with E-state index in [1.54, 1.807) is 0 Å². The van der Waals surface area contributed by atoms with Gasteiger partial charge in [-0.05, 0) is 96.3 Å². The van der Waals surface area contributed by atoms with Gasteiger partial charge in [0, 0.05) is 12.8 Å². The molecule has 0 saturated heterocycles. The highest BCUT2D eigenvalue weighted by Gasteiger charge is 2.22. The maximum absolute atomic E-state index is 12.9. The predicted molar refractivity (Wildman–Crippen MR) is 360 cm³/mol. The molecule has 0 aliphatic heterocycles. The molecule has 0 spiro atoms. The Hall–Kier alpha value is -3.07. The highest BCUT2D eigenvalue weighted by Crippen LogP contribution is 2.38. The molecule has 0 aliphatic carbocycles. The Kier molecular flexibility index (Phi) is 62.1. The molecule has 0 bridgehead atoms. The van der Waals surface area contributed by atoms with E-state index in [-0.39, 0.29) is 26.1 Å². The zero-order chi connectivity index (χ0) is 61.2. The number of nitrogens with zero attached hydrogens (tertiary/aromatic N) is 1. The largest absolute Gasteiger partial charge is 0.756 e. The van der Waals surface area contributed by atoms with Crippen molar-refractivity contribution in [2.24, 2.45) is 0 Å². The van der Waals surface area contributed by atoms with Gasteiger partial charge in [-0.1, -0.05) is 297 Å². The first kappa shape index (κ1) is 80.9. The van der Waals surface area contributed by atoms with E-state index in [2.05, 4.69) is 111 Å². The summed E-state index contributed by atoms with van der Waals surface area (Å²) in [6, 6.07) is 0. The summed E-state index contributed by atoms with van der Waals surface area (Å²) in [4.78, 5) is 38.0. The van der Waals surface area contributed by atoms with Crippen molar-refractivity contribution in [2.75, 3.05) is 47.5 Å². The van der Waals surface area contributed by atoms with Crippen LogP contribution in [-0.4, -0.2) is 70.0 Å². The summed E-state index contributed by atoms with van der Waals surface area (Å²) in [6.07, 6.45) is 89.3. The number of ether oxygens (including phenoxy) is 2. The molecule has 0 N–H and O–H groups in total. The summed E-state index contributed by atoms with van der Waals surface area (Å²) in [5.74, 6) is -0.839. The quantitative estimate of drug-likeness (QED) is 0.0195. The molecule has 84 heavy (non-hydrogen) atoms. The Bertz CT molecular complexity index is 1740. The number of quaternary nitrogens is 1. The van der Waals surface area contributed by atoms with Crippen LogP contribution < -0.4 is 4.89 Å². The summed E-state index contributed by atoms with van der Waals surface area (Å²) in [7, 11) is 1.16. The molecular formula is C74H132NO8P. The van der Waals surface area contributed by atoms with Crippen LogP contribution in [0.4, 0.5) is 0 Å². The maximum atomic E-state index is 12.9. The minimum Gasteiger partial charge on any atom is -0.756 e. The average molecular weight is 1190 g/mol. The summed E-state index contributed by atoms with van der Waals surface area (Å²) in [6.45, 7) is 4.11. The number of carbonyl (C=O) groups is 2. The van der Waals surface area contributed by atoms with E-state index in [9.17, 15) is 19.0 Å². The Balaban J connectivity index is 3.93. The highest BCUT2D eigenvalue weighted by atomic mass is 31.2. The van der Waals surface area contributed by atoms with Gasteiger partial charge in [-0.2, -0.15) is 0 Å². The third kappa shape index (κ3) is 68.0. The van der Waals surface area contributed by atoms with Crippen LogP contribution in [0, 0.1) is 0 Å². The van der Waals surface area contributed by atoms with Crippen molar-refractivity contribution in [3.05, 3.63) is 97.2 Å². The topological polar surface area (TPSA) is 111 Å². The van der Waals surface area contributed by atoms with Crippen LogP contribution in [0.15, 0.2) is 97.2 Å². The lowest BCUT2D eigenvalue weighted by Gasteiger charge is -2.28. The normalized spacial score (nSPS) is 13.7. The molecule has 2 atom stereocenters. The fourth-order valence-corrected chi connectivity index (χ4v) is 10.5. The Labute approximate surface area is 519 Å². The molecule has 0 aromatic rings. The van der Waals surface area contributed by atoms with Gasteiger partial charge < -0.3 is 27.9 Å². The van der Waals surface area contributed by atoms with Crippen LogP contribution in [0.3, 0.4) is 0 Å². The number of hydrogen-bond donors (Lipinski definition) is 0. The standard InChI is InChI=1S/C74H132NO8P/c1-6-8-10-12-14-16-18-20-22-24-26-27-28-29-30-31-32-33-34-35-36-37-38-39-40-41-42-43-44-45-46-47-49-51-53-55-57-59-61-63-65-67-74(77)83-72(71-82-84(78,79)81-69-68-75(3,4)5)70-80-73(76)66-64-62-60-58-56-54-52-50-48-25-23-21-19-17-15-13-11-9-7-2/h8,10,14-17,20-23,26-27,29-30,48,50,72H,6-7,9,11-13,18-19,24-25,28,31-47,49,51-71H2,1-5H3/b10-8-,16-14-,17-15-,22-20-,23-21-,27-26-,30-29-,50-48-. The molecule has 0 fully saturated rings. The number of likely N-dealkylation sites (N-methyl/N-ethyl adjacent to an activating group) is 1. The predicted octanol–water partition coefficient (Wildman–Crippen LogP) is 22.1. The Morgan fingerprint density at radius 2 is 0.679 bits per heavy atom. The Morgan fingerprint density at radius 1 is 0.381 bits per heavy atom. The minimum absolute atomic E-state index is 0.0345.